The first-order chi connectivity index (χ1) is 10.3. The van der Waals surface area contributed by atoms with Gasteiger partial charge in [-0.15, -0.1) is 0 Å². The Hall–Kier alpha value is -2.00. The maximum atomic E-state index is 11.7. The van der Waals surface area contributed by atoms with E-state index < -0.39 is 9.84 Å². The van der Waals surface area contributed by atoms with Crippen molar-refractivity contribution in [2.45, 2.75) is 18.2 Å². The van der Waals surface area contributed by atoms with Gasteiger partial charge in [0.2, 0.25) is 11.8 Å². The first-order valence-electron chi connectivity index (χ1n) is 6.40. The number of sulfone groups is 1. The van der Waals surface area contributed by atoms with Crippen LogP contribution in [0.3, 0.4) is 0 Å². The van der Waals surface area contributed by atoms with Crippen LogP contribution >= 0.6 is 11.3 Å². The standard InChI is InChI=1S/C13H15N3O4S2/c1-8(17)14-6-5-12(18)16-13-15-10-4-3-9(22(2,19)20)7-11(10)21-13/h3-4,7H,5-6H2,1-2H3,(H,14,17)(H,15,16,18). The predicted octanol–water partition coefficient (Wildman–Crippen LogP) is 1.16. The van der Waals surface area contributed by atoms with Crippen LogP contribution in [0.25, 0.3) is 10.2 Å². The lowest BCUT2D eigenvalue weighted by Crippen LogP contribution is -2.25. The molecule has 2 aromatic rings. The summed E-state index contributed by atoms with van der Waals surface area (Å²) in [6.07, 6.45) is 1.28. The van der Waals surface area contributed by atoms with Gasteiger partial charge in [-0.05, 0) is 18.2 Å². The second-order valence-electron chi connectivity index (χ2n) is 4.70. The molecule has 0 spiro atoms. The van der Waals surface area contributed by atoms with Crippen molar-refractivity contribution in [1.82, 2.24) is 10.3 Å². The normalized spacial score (nSPS) is 11.4. The quantitative estimate of drug-likeness (QED) is 0.849. The van der Waals surface area contributed by atoms with E-state index in [0.29, 0.717) is 15.3 Å². The molecule has 1 aromatic carbocycles. The average molecular weight is 341 g/mol. The van der Waals surface area contributed by atoms with E-state index >= 15 is 0 Å². The molecule has 0 aliphatic rings. The minimum atomic E-state index is -3.28. The van der Waals surface area contributed by atoms with Crippen molar-refractivity contribution >= 4 is 48.3 Å². The highest BCUT2D eigenvalue weighted by Crippen LogP contribution is 2.28. The Morgan fingerprint density at radius 1 is 1.32 bits per heavy atom. The van der Waals surface area contributed by atoms with E-state index in [0.717, 1.165) is 6.26 Å². The smallest absolute Gasteiger partial charge is 0.227 e. The number of hydrogen-bond donors (Lipinski definition) is 2. The van der Waals surface area contributed by atoms with Gasteiger partial charge in [-0.3, -0.25) is 9.59 Å². The maximum Gasteiger partial charge on any atom is 0.227 e. The predicted molar refractivity (Wildman–Crippen MR) is 84.7 cm³/mol. The Kier molecular flexibility index (Phi) is 4.77. The molecule has 22 heavy (non-hydrogen) atoms. The van der Waals surface area contributed by atoms with Crippen LogP contribution in [-0.4, -0.2) is 38.0 Å². The molecule has 0 atom stereocenters. The zero-order valence-electron chi connectivity index (χ0n) is 12.0. The first kappa shape index (κ1) is 16.4. The third kappa shape index (κ3) is 4.25. The molecule has 2 amide bonds. The van der Waals surface area contributed by atoms with Gasteiger partial charge < -0.3 is 10.6 Å². The Labute approximate surface area is 131 Å². The van der Waals surface area contributed by atoms with Gasteiger partial charge in [-0.1, -0.05) is 11.3 Å². The van der Waals surface area contributed by atoms with Crippen LogP contribution < -0.4 is 10.6 Å². The Balaban J connectivity index is 2.09. The van der Waals surface area contributed by atoms with E-state index in [1.165, 1.54) is 30.4 Å². The molecule has 0 bridgehead atoms. The molecule has 1 aromatic heterocycles. The highest BCUT2D eigenvalue weighted by molar-refractivity contribution is 7.90. The summed E-state index contributed by atoms with van der Waals surface area (Å²) in [4.78, 5) is 26.9. The van der Waals surface area contributed by atoms with Gasteiger partial charge in [0.05, 0.1) is 15.1 Å². The van der Waals surface area contributed by atoms with Crippen LogP contribution in [0, 0.1) is 0 Å². The van der Waals surface area contributed by atoms with E-state index in [1.54, 1.807) is 6.07 Å². The number of rotatable bonds is 5. The van der Waals surface area contributed by atoms with Crippen LogP contribution in [0.1, 0.15) is 13.3 Å². The van der Waals surface area contributed by atoms with Crippen LogP contribution in [0.5, 0.6) is 0 Å². The SMILES string of the molecule is CC(=O)NCCC(=O)Nc1nc2ccc(S(C)(=O)=O)cc2s1. The van der Waals surface area contributed by atoms with Crippen molar-refractivity contribution in [2.75, 3.05) is 18.1 Å². The van der Waals surface area contributed by atoms with Gasteiger partial charge >= 0.3 is 0 Å². The fraction of sp³-hybridized carbons (Fsp3) is 0.308. The molecule has 2 N–H and O–H groups in total. The summed E-state index contributed by atoms with van der Waals surface area (Å²) in [5.74, 6) is -0.461. The van der Waals surface area contributed by atoms with Gasteiger partial charge in [0.1, 0.15) is 0 Å². The number of carbonyl (C=O) groups excluding carboxylic acids is 2. The highest BCUT2D eigenvalue weighted by Gasteiger charge is 2.12. The fourth-order valence-electron chi connectivity index (χ4n) is 1.72. The second-order valence-corrected chi connectivity index (χ2v) is 7.75. The number of nitrogens with zero attached hydrogens (tertiary/aromatic N) is 1. The molecule has 7 nitrogen and oxygen atoms in total. The minimum absolute atomic E-state index is 0.143. The monoisotopic (exact) mass is 341 g/mol. The van der Waals surface area contributed by atoms with Crippen molar-refractivity contribution in [3.8, 4) is 0 Å². The number of nitrogens with one attached hydrogen (secondary N) is 2. The van der Waals surface area contributed by atoms with Crippen molar-refractivity contribution in [3.63, 3.8) is 0 Å². The Bertz CT molecular complexity index is 827. The lowest BCUT2D eigenvalue weighted by atomic mass is 10.3. The fourth-order valence-corrected chi connectivity index (χ4v) is 3.37. The summed E-state index contributed by atoms with van der Waals surface area (Å²) in [7, 11) is -3.28. The summed E-state index contributed by atoms with van der Waals surface area (Å²) in [6.45, 7) is 1.63. The van der Waals surface area contributed by atoms with E-state index in [9.17, 15) is 18.0 Å². The van der Waals surface area contributed by atoms with E-state index in [4.69, 9.17) is 0 Å². The van der Waals surface area contributed by atoms with Crippen LogP contribution in [0.15, 0.2) is 23.1 Å². The summed E-state index contributed by atoms with van der Waals surface area (Å²) in [6, 6.07) is 4.63. The van der Waals surface area contributed by atoms with Gasteiger partial charge in [0.25, 0.3) is 0 Å². The number of aromatic nitrogens is 1. The third-order valence-corrected chi connectivity index (χ3v) is 4.80. The molecular weight excluding hydrogens is 326 g/mol. The van der Waals surface area contributed by atoms with Crippen LogP contribution in [-0.2, 0) is 19.4 Å². The molecular formula is C13H15N3O4S2. The number of thiazole rings is 1. The van der Waals surface area contributed by atoms with Crippen molar-refractivity contribution in [3.05, 3.63) is 18.2 Å². The molecule has 0 aliphatic heterocycles. The number of anilines is 1. The first-order valence-corrected chi connectivity index (χ1v) is 9.11. The van der Waals surface area contributed by atoms with Gasteiger partial charge in [-0.2, -0.15) is 0 Å². The number of fused-ring (bicyclic) bond motifs is 1. The van der Waals surface area contributed by atoms with Crippen LogP contribution in [0.4, 0.5) is 5.13 Å². The number of benzene rings is 1. The van der Waals surface area contributed by atoms with E-state index in [2.05, 4.69) is 15.6 Å². The lowest BCUT2D eigenvalue weighted by Gasteiger charge is -2.01. The molecule has 0 aliphatic carbocycles. The van der Waals surface area contributed by atoms with Crippen LogP contribution in [0.2, 0.25) is 0 Å². The van der Waals surface area contributed by atoms with E-state index in [-0.39, 0.29) is 29.7 Å². The lowest BCUT2D eigenvalue weighted by molar-refractivity contribution is -0.119. The molecule has 9 heteroatoms. The number of hydrogen-bond acceptors (Lipinski definition) is 6. The highest BCUT2D eigenvalue weighted by atomic mass is 32.2. The Morgan fingerprint density at radius 3 is 2.68 bits per heavy atom. The molecule has 0 radical (unpaired) electrons. The van der Waals surface area contributed by atoms with Crippen molar-refractivity contribution in [2.24, 2.45) is 0 Å². The van der Waals surface area contributed by atoms with Gasteiger partial charge in [-0.25, -0.2) is 13.4 Å². The minimum Gasteiger partial charge on any atom is -0.356 e. The zero-order valence-corrected chi connectivity index (χ0v) is 13.7. The largest absolute Gasteiger partial charge is 0.356 e. The second kappa shape index (κ2) is 6.41. The number of carbonyl (C=O) groups is 2. The molecule has 0 fully saturated rings. The zero-order chi connectivity index (χ0) is 16.3. The van der Waals surface area contributed by atoms with Crippen molar-refractivity contribution < 1.29 is 18.0 Å². The number of amides is 2. The maximum absolute atomic E-state index is 11.7. The van der Waals surface area contributed by atoms with Crippen molar-refractivity contribution in [1.29, 1.82) is 0 Å². The third-order valence-electron chi connectivity index (χ3n) is 2.76. The summed E-state index contributed by atoms with van der Waals surface area (Å²) in [5.41, 5.74) is 0.620. The molecule has 118 valence electrons. The van der Waals surface area contributed by atoms with E-state index in [1.807, 2.05) is 0 Å². The molecule has 1 heterocycles. The molecule has 0 saturated heterocycles. The van der Waals surface area contributed by atoms with Gasteiger partial charge in [0, 0.05) is 26.1 Å². The summed E-state index contributed by atoms with van der Waals surface area (Å²) in [5, 5.41) is 5.56. The summed E-state index contributed by atoms with van der Waals surface area (Å²) >= 11 is 1.20. The molecule has 0 unspecified atom stereocenters. The topological polar surface area (TPSA) is 105 Å². The Morgan fingerprint density at radius 2 is 2.05 bits per heavy atom. The summed E-state index contributed by atoms with van der Waals surface area (Å²) < 4.78 is 23.7. The molecule has 0 saturated carbocycles. The average Bonchev–Trinajstić information content (AvgIpc) is 2.77. The van der Waals surface area contributed by atoms with Gasteiger partial charge in [0.15, 0.2) is 15.0 Å². The molecule has 2 rings (SSSR count).